The summed E-state index contributed by atoms with van der Waals surface area (Å²) < 4.78 is 2.55. The molecule has 0 saturated heterocycles. The van der Waals surface area contributed by atoms with E-state index in [1.165, 1.54) is 21.7 Å². The molecule has 1 aliphatic rings. The minimum Gasteiger partial charge on any atom is -0.478 e. The van der Waals surface area contributed by atoms with Crippen molar-refractivity contribution >= 4 is 50.5 Å². The van der Waals surface area contributed by atoms with Crippen LogP contribution in [0.15, 0.2) is 60.1 Å². The van der Waals surface area contributed by atoms with Gasteiger partial charge >= 0.3 is 5.97 Å². The summed E-state index contributed by atoms with van der Waals surface area (Å²) in [5.74, 6) is -1.70. The molecular weight excluding hydrogens is 502 g/mol. The van der Waals surface area contributed by atoms with Gasteiger partial charge in [0.1, 0.15) is 11.4 Å². The van der Waals surface area contributed by atoms with Gasteiger partial charge in [0.15, 0.2) is 5.65 Å². The lowest BCUT2D eigenvalue weighted by molar-refractivity contribution is 0.0695. The number of amides is 2. The van der Waals surface area contributed by atoms with Crippen molar-refractivity contribution in [1.29, 1.82) is 0 Å². The molecule has 0 unspecified atom stereocenters. The van der Waals surface area contributed by atoms with Gasteiger partial charge in [0, 0.05) is 29.6 Å². The number of benzene rings is 2. The minimum absolute atomic E-state index is 0.129. The molecule has 3 aromatic heterocycles. The number of anilines is 1. The summed E-state index contributed by atoms with van der Waals surface area (Å²) in [6, 6.07) is 14.0. The highest BCUT2D eigenvalue weighted by Gasteiger charge is 2.29. The number of aromatic carboxylic acids is 1. The molecule has 5 aromatic rings. The molecular formula is C28H23N5O4S. The van der Waals surface area contributed by atoms with E-state index in [1.807, 2.05) is 29.6 Å². The minimum atomic E-state index is -0.965. The molecule has 0 bridgehead atoms. The number of carbonyl (C=O) groups is 3. The Labute approximate surface area is 221 Å². The summed E-state index contributed by atoms with van der Waals surface area (Å²) in [7, 11) is 1.68. The summed E-state index contributed by atoms with van der Waals surface area (Å²) in [5, 5.41) is 19.8. The number of fused-ring (bicyclic) bond motifs is 3. The van der Waals surface area contributed by atoms with Gasteiger partial charge in [0.2, 0.25) is 0 Å². The van der Waals surface area contributed by atoms with Crippen LogP contribution in [0.25, 0.3) is 15.7 Å². The summed E-state index contributed by atoms with van der Waals surface area (Å²) in [4.78, 5) is 44.4. The molecule has 0 spiro atoms. The zero-order valence-corrected chi connectivity index (χ0v) is 21.5. The number of rotatable bonds is 5. The van der Waals surface area contributed by atoms with Crippen LogP contribution in [0.4, 0.5) is 5.69 Å². The van der Waals surface area contributed by atoms with Crippen molar-refractivity contribution < 1.29 is 19.5 Å². The number of nitrogens with one attached hydrogen (secondary N) is 1. The molecule has 1 aliphatic carbocycles. The third kappa shape index (κ3) is 3.90. The first kappa shape index (κ1) is 23.8. The monoisotopic (exact) mass is 525 g/mol. The topological polar surface area (TPSA) is 117 Å². The van der Waals surface area contributed by atoms with Gasteiger partial charge in [-0.2, -0.15) is 5.10 Å². The quantitative estimate of drug-likeness (QED) is 0.345. The van der Waals surface area contributed by atoms with Crippen LogP contribution < -0.4 is 10.2 Å². The number of hydrogen-bond donors (Lipinski definition) is 2. The predicted molar refractivity (Wildman–Crippen MR) is 144 cm³/mol. The van der Waals surface area contributed by atoms with Crippen LogP contribution in [-0.4, -0.2) is 44.5 Å². The van der Waals surface area contributed by atoms with Crippen LogP contribution in [0.2, 0.25) is 0 Å². The van der Waals surface area contributed by atoms with Crippen LogP contribution in [0, 0.1) is 6.92 Å². The standard InChI is InChI=1S/C28H23N5O4S/c1-15-18-6-7-21(20(18)5-4-19(15)28(36)37)31-26(34)23-14-22(30-25-9-11-29-33(23)25)27(35)32(2)17-3-8-24-16(13-17)10-12-38-24/h3-5,8-14,21H,6-7H2,1-2H3,(H,31,34)(H,36,37)/t21-/m0/s1. The Hall–Kier alpha value is -4.57. The van der Waals surface area contributed by atoms with Crippen molar-refractivity contribution in [3.8, 4) is 0 Å². The average Bonchev–Trinajstić information content (AvgIpc) is 3.66. The van der Waals surface area contributed by atoms with E-state index >= 15 is 0 Å². The molecule has 0 saturated carbocycles. The van der Waals surface area contributed by atoms with Crippen molar-refractivity contribution in [3.05, 3.63) is 93.7 Å². The van der Waals surface area contributed by atoms with Crippen molar-refractivity contribution in [1.82, 2.24) is 19.9 Å². The Bertz CT molecular complexity index is 1770. The summed E-state index contributed by atoms with van der Waals surface area (Å²) in [6.45, 7) is 1.80. The Kier molecular flexibility index (Phi) is 5.68. The van der Waals surface area contributed by atoms with Gasteiger partial charge in [-0.15, -0.1) is 11.3 Å². The summed E-state index contributed by atoms with van der Waals surface area (Å²) in [6.07, 6.45) is 2.85. The maximum Gasteiger partial charge on any atom is 0.335 e. The van der Waals surface area contributed by atoms with Gasteiger partial charge in [-0.3, -0.25) is 9.59 Å². The van der Waals surface area contributed by atoms with Crippen molar-refractivity contribution in [3.63, 3.8) is 0 Å². The Morgan fingerprint density at radius 1 is 1.13 bits per heavy atom. The molecule has 3 heterocycles. The van der Waals surface area contributed by atoms with E-state index in [2.05, 4.69) is 15.4 Å². The van der Waals surface area contributed by atoms with Crippen LogP contribution in [0.1, 0.15) is 60.5 Å². The maximum absolute atomic E-state index is 13.5. The first-order chi connectivity index (χ1) is 18.3. The molecule has 2 amide bonds. The SMILES string of the molecule is Cc1c(C(=O)O)ccc2c1CC[C@@H]2NC(=O)c1cc(C(=O)N(C)c2ccc3sccc3c2)nc2ccnn12. The van der Waals surface area contributed by atoms with Gasteiger partial charge in [0.25, 0.3) is 11.8 Å². The number of carboxylic acid groups (broad SMARTS) is 1. The molecule has 190 valence electrons. The zero-order chi connectivity index (χ0) is 26.6. The van der Waals surface area contributed by atoms with Gasteiger partial charge in [-0.1, -0.05) is 6.07 Å². The largest absolute Gasteiger partial charge is 0.478 e. The summed E-state index contributed by atoms with van der Waals surface area (Å²) >= 11 is 1.64. The Morgan fingerprint density at radius 2 is 1.97 bits per heavy atom. The highest BCUT2D eigenvalue weighted by Crippen LogP contribution is 2.35. The summed E-state index contributed by atoms with van der Waals surface area (Å²) in [5.41, 5.74) is 4.29. The molecule has 9 nitrogen and oxygen atoms in total. The smallest absolute Gasteiger partial charge is 0.335 e. The fraction of sp³-hybridized carbons (Fsp3) is 0.179. The third-order valence-corrected chi connectivity index (χ3v) is 8.07. The second-order valence-corrected chi connectivity index (χ2v) is 10.3. The lowest BCUT2D eigenvalue weighted by Gasteiger charge is -2.19. The van der Waals surface area contributed by atoms with E-state index in [9.17, 15) is 19.5 Å². The van der Waals surface area contributed by atoms with E-state index in [1.54, 1.807) is 43.5 Å². The number of nitrogens with zero attached hydrogens (tertiary/aromatic N) is 4. The first-order valence-corrected chi connectivity index (χ1v) is 13.0. The zero-order valence-electron chi connectivity index (χ0n) is 20.6. The average molecular weight is 526 g/mol. The number of carboxylic acids is 1. The molecule has 1 atom stereocenters. The Balaban J connectivity index is 1.30. The normalized spacial score (nSPS) is 14.5. The molecule has 10 heteroatoms. The first-order valence-electron chi connectivity index (χ1n) is 12.1. The number of hydrogen-bond acceptors (Lipinski definition) is 6. The van der Waals surface area contributed by atoms with E-state index in [4.69, 9.17) is 0 Å². The van der Waals surface area contributed by atoms with E-state index in [-0.39, 0.29) is 28.9 Å². The lowest BCUT2D eigenvalue weighted by atomic mass is 9.98. The molecule has 2 N–H and O–H groups in total. The number of thiophene rings is 1. The lowest BCUT2D eigenvalue weighted by Crippen LogP contribution is -2.31. The van der Waals surface area contributed by atoms with Gasteiger partial charge in [-0.05, 0) is 77.6 Å². The third-order valence-electron chi connectivity index (χ3n) is 7.17. The predicted octanol–water partition coefficient (Wildman–Crippen LogP) is 4.64. The number of aromatic nitrogens is 3. The van der Waals surface area contributed by atoms with E-state index in [0.717, 1.165) is 32.5 Å². The number of carbonyl (C=O) groups excluding carboxylic acids is 2. The highest BCUT2D eigenvalue weighted by atomic mass is 32.1. The van der Waals surface area contributed by atoms with E-state index in [0.29, 0.717) is 18.5 Å². The maximum atomic E-state index is 13.5. The van der Waals surface area contributed by atoms with Crippen molar-refractivity contribution in [2.75, 3.05) is 11.9 Å². The van der Waals surface area contributed by atoms with Crippen LogP contribution >= 0.6 is 11.3 Å². The van der Waals surface area contributed by atoms with Crippen LogP contribution in [0.5, 0.6) is 0 Å². The molecule has 0 radical (unpaired) electrons. The molecule has 2 aromatic carbocycles. The van der Waals surface area contributed by atoms with Crippen molar-refractivity contribution in [2.45, 2.75) is 25.8 Å². The molecule has 0 aliphatic heterocycles. The van der Waals surface area contributed by atoms with Crippen LogP contribution in [0.3, 0.4) is 0 Å². The van der Waals surface area contributed by atoms with Gasteiger partial charge in [-0.25, -0.2) is 14.3 Å². The van der Waals surface area contributed by atoms with Gasteiger partial charge in [0.05, 0.1) is 17.8 Å². The Morgan fingerprint density at radius 3 is 2.79 bits per heavy atom. The second-order valence-electron chi connectivity index (χ2n) is 9.31. The highest BCUT2D eigenvalue weighted by molar-refractivity contribution is 7.17. The van der Waals surface area contributed by atoms with Gasteiger partial charge < -0.3 is 15.3 Å². The fourth-order valence-corrected chi connectivity index (χ4v) is 5.90. The molecule has 38 heavy (non-hydrogen) atoms. The molecule has 6 rings (SSSR count). The van der Waals surface area contributed by atoms with E-state index < -0.39 is 11.9 Å². The van der Waals surface area contributed by atoms with Crippen molar-refractivity contribution in [2.24, 2.45) is 0 Å². The molecule has 0 fully saturated rings. The van der Waals surface area contributed by atoms with Crippen LogP contribution in [-0.2, 0) is 6.42 Å². The second kappa shape index (κ2) is 9.07. The fourth-order valence-electron chi connectivity index (χ4n) is 5.13.